The van der Waals surface area contributed by atoms with Crippen molar-refractivity contribution in [3.05, 3.63) is 81.8 Å². The van der Waals surface area contributed by atoms with Crippen molar-refractivity contribution >= 4 is 10.9 Å². The van der Waals surface area contributed by atoms with Gasteiger partial charge in [0.05, 0.1) is 5.92 Å². The van der Waals surface area contributed by atoms with E-state index in [2.05, 4.69) is 4.98 Å². The molecule has 0 spiro atoms. The van der Waals surface area contributed by atoms with Gasteiger partial charge in [0.15, 0.2) is 0 Å². The first-order chi connectivity index (χ1) is 10.1. The maximum Gasteiger partial charge on any atom is 0.214 e. The van der Waals surface area contributed by atoms with E-state index in [1.54, 1.807) is 18.3 Å². The first kappa shape index (κ1) is 13.3. The number of hydrogen-bond donors (Lipinski definition) is 1. The fraction of sp³-hybridized carbons (Fsp3) is 0.125. The average molecular weight is 284 g/mol. The highest BCUT2D eigenvalue weighted by atomic mass is 19.1. The fourth-order valence-corrected chi connectivity index (χ4v) is 2.61. The van der Waals surface area contributed by atoms with Crippen LogP contribution in [0.5, 0.6) is 0 Å². The molecular weight excluding hydrogens is 271 g/mol. The molecule has 2 aromatic carbocycles. The van der Waals surface area contributed by atoms with Gasteiger partial charge in [0.1, 0.15) is 5.82 Å². The van der Waals surface area contributed by atoms with Crippen molar-refractivity contribution in [3.63, 3.8) is 0 Å². The molecule has 0 fully saturated rings. The zero-order chi connectivity index (χ0) is 14.8. The van der Waals surface area contributed by atoms with Crippen LogP contribution in [0.2, 0.25) is 0 Å². The highest BCUT2D eigenvalue weighted by Crippen LogP contribution is 2.31. The summed E-state index contributed by atoms with van der Waals surface area (Å²) in [6.07, 6.45) is 1.79. The third-order valence-corrected chi connectivity index (χ3v) is 3.60. The SMILES string of the molecule is O=[N+]([O-])C[C@H](c1ccc(F)cc1)c1c[nH]c2ccccc12. The van der Waals surface area contributed by atoms with Gasteiger partial charge in [0.25, 0.3) is 0 Å². The summed E-state index contributed by atoms with van der Waals surface area (Å²) in [4.78, 5) is 13.8. The van der Waals surface area contributed by atoms with E-state index in [4.69, 9.17) is 0 Å². The smallest absolute Gasteiger partial charge is 0.214 e. The maximum atomic E-state index is 13.1. The van der Waals surface area contributed by atoms with Crippen LogP contribution in [0.4, 0.5) is 4.39 Å². The zero-order valence-corrected chi connectivity index (χ0v) is 11.1. The van der Waals surface area contributed by atoms with Gasteiger partial charge in [-0.3, -0.25) is 10.1 Å². The molecule has 4 nitrogen and oxygen atoms in total. The van der Waals surface area contributed by atoms with E-state index in [0.717, 1.165) is 22.0 Å². The summed E-state index contributed by atoms with van der Waals surface area (Å²) in [6.45, 7) is -0.229. The number of H-pyrrole nitrogens is 1. The van der Waals surface area contributed by atoms with E-state index in [0.29, 0.717) is 0 Å². The molecule has 3 aromatic rings. The van der Waals surface area contributed by atoms with Gasteiger partial charge in [-0.05, 0) is 29.3 Å². The molecule has 0 amide bonds. The van der Waals surface area contributed by atoms with E-state index in [-0.39, 0.29) is 17.3 Å². The molecule has 1 heterocycles. The van der Waals surface area contributed by atoms with Crippen LogP contribution in [0.15, 0.2) is 54.7 Å². The predicted molar refractivity (Wildman–Crippen MR) is 78.4 cm³/mol. The lowest BCUT2D eigenvalue weighted by Crippen LogP contribution is -2.13. The minimum atomic E-state index is -0.406. The molecule has 0 bridgehead atoms. The molecule has 106 valence electrons. The van der Waals surface area contributed by atoms with Gasteiger partial charge in [-0.2, -0.15) is 0 Å². The van der Waals surface area contributed by atoms with Crippen molar-refractivity contribution in [1.82, 2.24) is 4.98 Å². The summed E-state index contributed by atoms with van der Waals surface area (Å²) < 4.78 is 13.1. The molecule has 1 atom stereocenters. The second-order valence-electron chi connectivity index (χ2n) is 4.91. The Bertz CT molecular complexity index is 780. The standard InChI is InChI=1S/C16H13FN2O2/c17-12-7-5-11(6-8-12)15(10-19(20)21)14-9-18-16-4-2-1-3-13(14)16/h1-9,15,18H,10H2/t15-/m1/s1. The lowest BCUT2D eigenvalue weighted by molar-refractivity contribution is -0.481. The molecule has 5 heteroatoms. The number of nitro groups is 1. The molecular formula is C16H13FN2O2. The number of fused-ring (bicyclic) bond motifs is 1. The number of nitrogens with one attached hydrogen (secondary N) is 1. The number of para-hydroxylation sites is 1. The van der Waals surface area contributed by atoms with Crippen molar-refractivity contribution < 1.29 is 9.31 Å². The Morgan fingerprint density at radius 3 is 2.57 bits per heavy atom. The van der Waals surface area contributed by atoms with Crippen LogP contribution >= 0.6 is 0 Å². The average Bonchev–Trinajstić information content (AvgIpc) is 2.89. The van der Waals surface area contributed by atoms with E-state index < -0.39 is 5.92 Å². The lowest BCUT2D eigenvalue weighted by atomic mass is 9.91. The number of rotatable bonds is 4. The zero-order valence-electron chi connectivity index (χ0n) is 11.1. The molecule has 3 rings (SSSR count). The number of aromatic nitrogens is 1. The Labute approximate surface area is 120 Å². The maximum absolute atomic E-state index is 13.1. The first-order valence-electron chi connectivity index (χ1n) is 6.58. The minimum Gasteiger partial charge on any atom is -0.361 e. The summed E-state index contributed by atoms with van der Waals surface area (Å²) in [6, 6.07) is 13.5. The van der Waals surface area contributed by atoms with E-state index in [9.17, 15) is 14.5 Å². The van der Waals surface area contributed by atoms with E-state index >= 15 is 0 Å². The Kier molecular flexibility index (Phi) is 3.39. The fourth-order valence-electron chi connectivity index (χ4n) is 2.61. The van der Waals surface area contributed by atoms with Crippen molar-refractivity contribution in [2.45, 2.75) is 5.92 Å². The summed E-state index contributed by atoms with van der Waals surface area (Å²) in [5.41, 5.74) is 2.52. The summed E-state index contributed by atoms with van der Waals surface area (Å²) >= 11 is 0. The number of hydrogen-bond acceptors (Lipinski definition) is 2. The molecule has 0 saturated carbocycles. The number of benzene rings is 2. The van der Waals surface area contributed by atoms with Gasteiger partial charge < -0.3 is 4.98 Å². The highest BCUT2D eigenvalue weighted by molar-refractivity contribution is 5.84. The molecule has 21 heavy (non-hydrogen) atoms. The summed E-state index contributed by atoms with van der Waals surface area (Å²) in [5.74, 6) is -0.755. The van der Waals surface area contributed by atoms with Crippen LogP contribution in [0.3, 0.4) is 0 Å². The Hall–Kier alpha value is -2.69. The Morgan fingerprint density at radius 2 is 1.86 bits per heavy atom. The van der Waals surface area contributed by atoms with Crippen molar-refractivity contribution in [2.75, 3.05) is 6.54 Å². The van der Waals surface area contributed by atoms with Crippen molar-refractivity contribution in [3.8, 4) is 0 Å². The lowest BCUT2D eigenvalue weighted by Gasteiger charge is -2.13. The van der Waals surface area contributed by atoms with E-state index in [1.165, 1.54) is 12.1 Å². The third-order valence-electron chi connectivity index (χ3n) is 3.60. The monoisotopic (exact) mass is 284 g/mol. The van der Waals surface area contributed by atoms with Crippen LogP contribution in [-0.4, -0.2) is 16.5 Å². The van der Waals surface area contributed by atoms with E-state index in [1.807, 2.05) is 24.3 Å². The van der Waals surface area contributed by atoms with Gasteiger partial charge in [0.2, 0.25) is 6.54 Å². The summed E-state index contributed by atoms with van der Waals surface area (Å²) in [5, 5.41) is 12.0. The number of aromatic amines is 1. The second-order valence-corrected chi connectivity index (χ2v) is 4.91. The molecule has 0 aliphatic carbocycles. The van der Waals surface area contributed by atoms with Gasteiger partial charge in [-0.25, -0.2) is 4.39 Å². The second kappa shape index (κ2) is 5.36. The molecule has 1 aromatic heterocycles. The highest BCUT2D eigenvalue weighted by Gasteiger charge is 2.23. The van der Waals surface area contributed by atoms with Gasteiger partial charge in [0, 0.05) is 22.0 Å². The number of nitrogens with zero attached hydrogens (tertiary/aromatic N) is 1. The molecule has 0 aliphatic rings. The topological polar surface area (TPSA) is 58.9 Å². The quantitative estimate of drug-likeness (QED) is 0.586. The largest absolute Gasteiger partial charge is 0.361 e. The molecule has 0 aliphatic heterocycles. The van der Waals surface area contributed by atoms with Crippen LogP contribution in [0.25, 0.3) is 10.9 Å². The van der Waals surface area contributed by atoms with Crippen LogP contribution in [0, 0.1) is 15.9 Å². The normalized spacial score (nSPS) is 12.4. The summed E-state index contributed by atoms with van der Waals surface area (Å²) in [7, 11) is 0. The molecule has 0 unspecified atom stereocenters. The predicted octanol–water partition coefficient (Wildman–Crippen LogP) is 3.72. The first-order valence-corrected chi connectivity index (χ1v) is 6.58. The molecule has 0 radical (unpaired) electrons. The third kappa shape index (κ3) is 2.63. The van der Waals surface area contributed by atoms with Gasteiger partial charge in [-0.15, -0.1) is 0 Å². The van der Waals surface area contributed by atoms with Crippen LogP contribution in [0.1, 0.15) is 17.0 Å². The Morgan fingerprint density at radius 1 is 1.14 bits per heavy atom. The van der Waals surface area contributed by atoms with Crippen molar-refractivity contribution in [1.29, 1.82) is 0 Å². The van der Waals surface area contributed by atoms with Crippen LogP contribution in [-0.2, 0) is 0 Å². The minimum absolute atomic E-state index is 0.229. The van der Waals surface area contributed by atoms with Crippen molar-refractivity contribution in [2.24, 2.45) is 0 Å². The van der Waals surface area contributed by atoms with Gasteiger partial charge in [-0.1, -0.05) is 30.3 Å². The number of halogens is 1. The molecule has 0 saturated heterocycles. The van der Waals surface area contributed by atoms with Crippen LogP contribution < -0.4 is 0 Å². The Balaban J connectivity index is 2.11. The van der Waals surface area contributed by atoms with Gasteiger partial charge >= 0.3 is 0 Å². The molecule has 1 N–H and O–H groups in total.